The van der Waals surface area contributed by atoms with Gasteiger partial charge in [0.25, 0.3) is 0 Å². The monoisotopic (exact) mass is 190 g/mol. The zero-order valence-electron chi connectivity index (χ0n) is 10.1. The second-order valence-electron chi connectivity index (χ2n) is 4.89. The summed E-state index contributed by atoms with van der Waals surface area (Å²) in [5.41, 5.74) is 4.78. The molecule has 0 nitrogen and oxygen atoms in total. The van der Waals surface area contributed by atoms with Crippen molar-refractivity contribution >= 4 is 0 Å². The Kier molecular flexibility index (Phi) is 3.36. The molecule has 0 amide bonds. The van der Waals surface area contributed by atoms with Gasteiger partial charge in [0.15, 0.2) is 0 Å². The van der Waals surface area contributed by atoms with Gasteiger partial charge in [0.1, 0.15) is 0 Å². The molecule has 1 aliphatic rings. The molecule has 0 aromatic heterocycles. The minimum Gasteiger partial charge on any atom is -0.0745 e. The van der Waals surface area contributed by atoms with E-state index in [1.54, 1.807) is 5.57 Å². The maximum Gasteiger partial charge on any atom is 0.00811 e. The van der Waals surface area contributed by atoms with Crippen LogP contribution in [0.2, 0.25) is 0 Å². The van der Waals surface area contributed by atoms with Gasteiger partial charge in [-0.1, -0.05) is 51.0 Å². The molecular weight excluding hydrogens is 168 g/mol. The van der Waals surface area contributed by atoms with Crippen molar-refractivity contribution in [2.75, 3.05) is 0 Å². The first-order valence-corrected chi connectivity index (χ1v) is 5.55. The Labute approximate surface area is 88.4 Å². The molecule has 0 heteroatoms. The van der Waals surface area contributed by atoms with Gasteiger partial charge in [-0.2, -0.15) is 0 Å². The molecule has 0 aromatic rings. The van der Waals surface area contributed by atoms with E-state index in [0.29, 0.717) is 0 Å². The lowest BCUT2D eigenvalue weighted by molar-refractivity contribution is 0.588. The highest BCUT2D eigenvalue weighted by Gasteiger charge is 2.25. The normalized spacial score (nSPS) is 18.2. The molecule has 0 saturated heterocycles. The molecule has 0 heterocycles. The highest BCUT2D eigenvalue weighted by atomic mass is 14.3. The number of hydrogen-bond donors (Lipinski definition) is 0. The molecule has 0 aliphatic heterocycles. The molecule has 0 fully saturated rings. The first-order valence-electron chi connectivity index (χ1n) is 5.55. The van der Waals surface area contributed by atoms with Crippen molar-refractivity contribution in [3.8, 4) is 0 Å². The summed E-state index contributed by atoms with van der Waals surface area (Å²) in [5, 5.41) is 0. The first kappa shape index (κ1) is 11.3. The van der Waals surface area contributed by atoms with Gasteiger partial charge in [0.2, 0.25) is 0 Å². The Morgan fingerprint density at radius 1 is 1.29 bits per heavy atom. The van der Waals surface area contributed by atoms with E-state index in [1.165, 1.54) is 24.0 Å². The third-order valence-electron chi connectivity index (χ3n) is 2.90. The highest BCUT2D eigenvalue weighted by Crippen LogP contribution is 2.39. The minimum absolute atomic E-state index is 0.238. The van der Waals surface area contributed by atoms with Crippen LogP contribution in [-0.2, 0) is 0 Å². The van der Waals surface area contributed by atoms with Crippen LogP contribution < -0.4 is 0 Å². The SMILES string of the molecule is CCCC(C1=CC=CC1(C)C)=C(C)C. The van der Waals surface area contributed by atoms with E-state index in [2.05, 4.69) is 52.8 Å². The van der Waals surface area contributed by atoms with E-state index < -0.39 is 0 Å². The third-order valence-corrected chi connectivity index (χ3v) is 2.90. The van der Waals surface area contributed by atoms with Gasteiger partial charge in [0.05, 0.1) is 0 Å². The minimum atomic E-state index is 0.238. The van der Waals surface area contributed by atoms with E-state index in [1.807, 2.05) is 0 Å². The average molecular weight is 190 g/mol. The molecule has 0 spiro atoms. The summed E-state index contributed by atoms with van der Waals surface area (Å²) in [6.07, 6.45) is 9.19. The molecule has 0 atom stereocenters. The van der Waals surface area contributed by atoms with Crippen molar-refractivity contribution in [2.45, 2.75) is 47.5 Å². The molecule has 0 saturated carbocycles. The lowest BCUT2D eigenvalue weighted by atomic mass is 9.80. The fraction of sp³-hybridized carbons (Fsp3) is 0.571. The molecule has 1 aliphatic carbocycles. The molecule has 0 N–H and O–H groups in total. The van der Waals surface area contributed by atoms with Crippen LogP contribution in [0.5, 0.6) is 0 Å². The standard InChI is InChI=1S/C14H22/c1-6-8-12(11(2)3)13-9-7-10-14(13,4)5/h7,9-10H,6,8H2,1-5H3. The molecule has 0 aromatic carbocycles. The summed E-state index contributed by atoms with van der Waals surface area (Å²) in [6, 6.07) is 0. The van der Waals surface area contributed by atoms with E-state index in [0.717, 1.165) is 0 Å². The summed E-state index contributed by atoms with van der Waals surface area (Å²) in [6.45, 7) is 11.3. The molecule has 0 radical (unpaired) electrons. The number of allylic oxidation sites excluding steroid dienone is 6. The van der Waals surface area contributed by atoms with Crippen LogP contribution in [0.4, 0.5) is 0 Å². The zero-order chi connectivity index (χ0) is 10.8. The molecule has 0 unspecified atom stereocenters. The van der Waals surface area contributed by atoms with Gasteiger partial charge in [-0.3, -0.25) is 0 Å². The molecule has 78 valence electrons. The Morgan fingerprint density at radius 3 is 2.29 bits per heavy atom. The van der Waals surface area contributed by atoms with Crippen molar-refractivity contribution in [3.05, 3.63) is 34.9 Å². The Balaban J connectivity index is 2.99. The van der Waals surface area contributed by atoms with Gasteiger partial charge in [-0.25, -0.2) is 0 Å². The van der Waals surface area contributed by atoms with Crippen LogP contribution in [0.1, 0.15) is 47.5 Å². The third kappa shape index (κ3) is 2.17. The zero-order valence-corrected chi connectivity index (χ0v) is 10.1. The predicted molar refractivity (Wildman–Crippen MR) is 64.3 cm³/mol. The number of hydrogen-bond acceptors (Lipinski definition) is 0. The van der Waals surface area contributed by atoms with Crippen LogP contribution in [0, 0.1) is 5.41 Å². The maximum absolute atomic E-state index is 2.29. The summed E-state index contributed by atoms with van der Waals surface area (Å²) >= 11 is 0. The quantitative estimate of drug-likeness (QED) is 0.608. The lowest BCUT2D eigenvalue weighted by Gasteiger charge is -2.24. The van der Waals surface area contributed by atoms with E-state index in [9.17, 15) is 0 Å². The van der Waals surface area contributed by atoms with Crippen LogP contribution >= 0.6 is 0 Å². The van der Waals surface area contributed by atoms with Gasteiger partial charge in [0, 0.05) is 5.41 Å². The molecule has 14 heavy (non-hydrogen) atoms. The predicted octanol–water partition coefficient (Wildman–Crippen LogP) is 4.65. The van der Waals surface area contributed by atoms with Crippen LogP contribution in [0.3, 0.4) is 0 Å². The van der Waals surface area contributed by atoms with Crippen molar-refractivity contribution in [2.24, 2.45) is 5.41 Å². The second-order valence-corrected chi connectivity index (χ2v) is 4.89. The van der Waals surface area contributed by atoms with Crippen molar-refractivity contribution in [1.82, 2.24) is 0 Å². The van der Waals surface area contributed by atoms with Crippen LogP contribution in [0.15, 0.2) is 34.9 Å². The smallest absolute Gasteiger partial charge is 0.00811 e. The summed E-state index contributed by atoms with van der Waals surface area (Å²) in [4.78, 5) is 0. The lowest BCUT2D eigenvalue weighted by Crippen LogP contribution is -2.11. The van der Waals surface area contributed by atoms with Crippen molar-refractivity contribution in [3.63, 3.8) is 0 Å². The molecular formula is C14H22. The second kappa shape index (κ2) is 4.16. The van der Waals surface area contributed by atoms with E-state index >= 15 is 0 Å². The topological polar surface area (TPSA) is 0 Å². The Morgan fingerprint density at radius 2 is 1.93 bits per heavy atom. The van der Waals surface area contributed by atoms with E-state index in [-0.39, 0.29) is 5.41 Å². The van der Waals surface area contributed by atoms with Crippen molar-refractivity contribution in [1.29, 1.82) is 0 Å². The number of rotatable bonds is 3. The summed E-state index contributed by atoms with van der Waals surface area (Å²) < 4.78 is 0. The van der Waals surface area contributed by atoms with Gasteiger partial charge >= 0.3 is 0 Å². The van der Waals surface area contributed by atoms with Gasteiger partial charge in [-0.15, -0.1) is 0 Å². The maximum atomic E-state index is 2.29. The van der Waals surface area contributed by atoms with Crippen LogP contribution in [0.25, 0.3) is 0 Å². The first-order chi connectivity index (χ1) is 6.49. The molecule has 0 bridgehead atoms. The molecule has 1 rings (SSSR count). The van der Waals surface area contributed by atoms with Gasteiger partial charge < -0.3 is 0 Å². The largest absolute Gasteiger partial charge is 0.0745 e. The van der Waals surface area contributed by atoms with Crippen LogP contribution in [-0.4, -0.2) is 0 Å². The van der Waals surface area contributed by atoms with E-state index in [4.69, 9.17) is 0 Å². The fourth-order valence-electron chi connectivity index (χ4n) is 2.08. The highest BCUT2D eigenvalue weighted by molar-refractivity contribution is 5.47. The Hall–Kier alpha value is -0.780. The van der Waals surface area contributed by atoms with Crippen molar-refractivity contribution < 1.29 is 0 Å². The Bertz CT molecular complexity index is 294. The fourth-order valence-corrected chi connectivity index (χ4v) is 2.08. The summed E-state index contributed by atoms with van der Waals surface area (Å²) in [5.74, 6) is 0. The van der Waals surface area contributed by atoms with Gasteiger partial charge in [-0.05, 0) is 31.4 Å². The summed E-state index contributed by atoms with van der Waals surface area (Å²) in [7, 11) is 0. The average Bonchev–Trinajstić information content (AvgIpc) is 2.40.